The average molecular weight is 356 g/mol. The molecule has 106 valence electrons. The molecule has 2 aromatic heterocycles. The molecule has 5 nitrogen and oxygen atoms in total. The van der Waals surface area contributed by atoms with Gasteiger partial charge in [-0.2, -0.15) is 0 Å². The summed E-state index contributed by atoms with van der Waals surface area (Å²) >= 11 is 4.84. The van der Waals surface area contributed by atoms with E-state index in [2.05, 4.69) is 20.9 Å². The van der Waals surface area contributed by atoms with Gasteiger partial charge in [0.1, 0.15) is 6.54 Å². The fraction of sp³-hybridized carbons (Fsp3) is 0.308. The van der Waals surface area contributed by atoms with Crippen molar-refractivity contribution in [3.63, 3.8) is 0 Å². The normalized spacial score (nSPS) is 10.6. The number of aryl methyl sites for hydroxylation is 1. The van der Waals surface area contributed by atoms with Crippen LogP contribution < -0.4 is 5.56 Å². The van der Waals surface area contributed by atoms with Crippen molar-refractivity contribution in [1.82, 2.24) is 14.5 Å². The van der Waals surface area contributed by atoms with Crippen molar-refractivity contribution in [2.24, 2.45) is 0 Å². The fourth-order valence-corrected chi connectivity index (χ4v) is 2.69. The third kappa shape index (κ3) is 3.77. The average Bonchev–Trinajstić information content (AvgIpc) is 2.79. The van der Waals surface area contributed by atoms with E-state index in [9.17, 15) is 9.59 Å². The highest BCUT2D eigenvalue weighted by molar-refractivity contribution is 9.10. The van der Waals surface area contributed by atoms with Crippen LogP contribution in [-0.4, -0.2) is 27.4 Å². The van der Waals surface area contributed by atoms with E-state index in [-0.39, 0.29) is 18.0 Å². The van der Waals surface area contributed by atoms with Crippen LogP contribution in [0.5, 0.6) is 0 Å². The molecule has 0 unspecified atom stereocenters. The SMILES string of the molecule is Cc1nc(CN(C)C(=O)Cn2cc(Br)ccc2=O)cs1. The van der Waals surface area contributed by atoms with E-state index in [1.54, 1.807) is 35.5 Å². The minimum atomic E-state index is -0.195. The van der Waals surface area contributed by atoms with Crippen LogP contribution in [0.2, 0.25) is 0 Å². The van der Waals surface area contributed by atoms with Gasteiger partial charge >= 0.3 is 0 Å². The lowest BCUT2D eigenvalue weighted by Crippen LogP contribution is -2.33. The summed E-state index contributed by atoms with van der Waals surface area (Å²) in [6.07, 6.45) is 1.61. The largest absolute Gasteiger partial charge is 0.338 e. The van der Waals surface area contributed by atoms with E-state index < -0.39 is 0 Å². The Hall–Kier alpha value is -1.47. The monoisotopic (exact) mass is 355 g/mol. The summed E-state index contributed by atoms with van der Waals surface area (Å²) in [6, 6.07) is 3.09. The Bertz CT molecular complexity index is 680. The number of aromatic nitrogens is 2. The quantitative estimate of drug-likeness (QED) is 0.843. The van der Waals surface area contributed by atoms with Crippen molar-refractivity contribution in [3.8, 4) is 0 Å². The predicted molar refractivity (Wildman–Crippen MR) is 81.7 cm³/mol. The number of likely N-dealkylation sites (N-methyl/N-ethyl adjacent to an activating group) is 1. The summed E-state index contributed by atoms with van der Waals surface area (Å²) in [5.41, 5.74) is 0.671. The van der Waals surface area contributed by atoms with Crippen LogP contribution in [0.1, 0.15) is 10.7 Å². The number of hydrogen-bond donors (Lipinski definition) is 0. The molecule has 0 aliphatic carbocycles. The number of rotatable bonds is 4. The number of carbonyl (C=O) groups is 1. The zero-order chi connectivity index (χ0) is 14.7. The van der Waals surface area contributed by atoms with E-state index >= 15 is 0 Å². The second-order valence-corrected chi connectivity index (χ2v) is 6.40. The third-order valence-electron chi connectivity index (χ3n) is 2.74. The molecule has 0 bridgehead atoms. The third-order valence-corrected chi connectivity index (χ3v) is 4.04. The van der Waals surface area contributed by atoms with Gasteiger partial charge in [0, 0.05) is 29.2 Å². The van der Waals surface area contributed by atoms with E-state index in [0.29, 0.717) is 6.54 Å². The maximum Gasteiger partial charge on any atom is 0.251 e. The summed E-state index contributed by atoms with van der Waals surface area (Å²) in [7, 11) is 1.71. The Morgan fingerprint density at radius 3 is 2.90 bits per heavy atom. The van der Waals surface area contributed by atoms with Gasteiger partial charge in [0.25, 0.3) is 5.56 Å². The molecule has 0 aromatic carbocycles. The van der Waals surface area contributed by atoms with Crippen LogP contribution >= 0.6 is 27.3 Å². The van der Waals surface area contributed by atoms with Crippen molar-refractivity contribution >= 4 is 33.2 Å². The molecular formula is C13H14BrN3O2S. The standard InChI is InChI=1S/C13H14BrN3O2S/c1-9-15-11(8-20-9)6-16(2)13(19)7-17-5-10(14)3-4-12(17)18/h3-5,8H,6-7H2,1-2H3. The van der Waals surface area contributed by atoms with Gasteiger partial charge in [-0.3, -0.25) is 9.59 Å². The van der Waals surface area contributed by atoms with Gasteiger partial charge in [-0.25, -0.2) is 4.98 Å². The predicted octanol–water partition coefficient (Wildman–Crippen LogP) is 2.03. The molecule has 0 spiro atoms. The fourth-order valence-electron chi connectivity index (χ4n) is 1.70. The Morgan fingerprint density at radius 2 is 2.25 bits per heavy atom. The number of carbonyl (C=O) groups excluding carboxylic acids is 1. The van der Waals surface area contributed by atoms with Crippen molar-refractivity contribution in [2.75, 3.05) is 7.05 Å². The first kappa shape index (κ1) is 14.9. The van der Waals surface area contributed by atoms with Crippen LogP contribution in [0, 0.1) is 6.92 Å². The van der Waals surface area contributed by atoms with Crippen molar-refractivity contribution in [2.45, 2.75) is 20.0 Å². The van der Waals surface area contributed by atoms with Gasteiger partial charge in [-0.1, -0.05) is 0 Å². The second kappa shape index (κ2) is 6.32. The van der Waals surface area contributed by atoms with Crippen molar-refractivity contribution in [3.05, 3.63) is 49.2 Å². The van der Waals surface area contributed by atoms with Crippen molar-refractivity contribution < 1.29 is 4.79 Å². The van der Waals surface area contributed by atoms with E-state index in [1.807, 2.05) is 12.3 Å². The molecule has 0 N–H and O–H groups in total. The van der Waals surface area contributed by atoms with Crippen LogP contribution in [0.4, 0.5) is 0 Å². The van der Waals surface area contributed by atoms with Gasteiger partial charge in [0.05, 0.1) is 17.2 Å². The molecule has 0 saturated carbocycles. The van der Waals surface area contributed by atoms with E-state index in [0.717, 1.165) is 15.2 Å². The van der Waals surface area contributed by atoms with Gasteiger partial charge in [-0.05, 0) is 28.9 Å². The highest BCUT2D eigenvalue weighted by Gasteiger charge is 2.12. The van der Waals surface area contributed by atoms with Crippen molar-refractivity contribution in [1.29, 1.82) is 0 Å². The maximum absolute atomic E-state index is 12.1. The van der Waals surface area contributed by atoms with E-state index in [1.165, 1.54) is 10.6 Å². The lowest BCUT2D eigenvalue weighted by atomic mass is 10.4. The number of thiazole rings is 1. The first-order valence-electron chi connectivity index (χ1n) is 5.96. The molecule has 0 saturated heterocycles. The summed E-state index contributed by atoms with van der Waals surface area (Å²) in [5, 5.41) is 2.91. The number of amides is 1. The summed E-state index contributed by atoms with van der Waals surface area (Å²) in [5.74, 6) is -0.129. The molecule has 0 aliphatic rings. The Labute approximate surface area is 129 Å². The summed E-state index contributed by atoms with van der Waals surface area (Å²) in [6.45, 7) is 2.40. The topological polar surface area (TPSA) is 55.2 Å². The highest BCUT2D eigenvalue weighted by Crippen LogP contribution is 2.10. The molecule has 20 heavy (non-hydrogen) atoms. The molecule has 7 heteroatoms. The minimum Gasteiger partial charge on any atom is -0.338 e. The molecule has 0 fully saturated rings. The second-order valence-electron chi connectivity index (χ2n) is 4.42. The van der Waals surface area contributed by atoms with Gasteiger partial charge in [0.2, 0.25) is 5.91 Å². The zero-order valence-electron chi connectivity index (χ0n) is 11.2. The van der Waals surface area contributed by atoms with Gasteiger partial charge in [-0.15, -0.1) is 11.3 Å². The van der Waals surface area contributed by atoms with Crippen LogP contribution in [0.3, 0.4) is 0 Å². The van der Waals surface area contributed by atoms with Crippen LogP contribution in [-0.2, 0) is 17.9 Å². The molecule has 0 aliphatic heterocycles. The number of nitrogens with zero attached hydrogens (tertiary/aromatic N) is 3. The van der Waals surface area contributed by atoms with Crippen LogP contribution in [0.25, 0.3) is 0 Å². The molecule has 0 radical (unpaired) electrons. The zero-order valence-corrected chi connectivity index (χ0v) is 13.6. The summed E-state index contributed by atoms with van der Waals surface area (Å²) < 4.78 is 2.15. The number of hydrogen-bond acceptors (Lipinski definition) is 4. The lowest BCUT2D eigenvalue weighted by molar-refractivity contribution is -0.131. The van der Waals surface area contributed by atoms with Crippen LogP contribution in [0.15, 0.2) is 33.0 Å². The molecule has 2 aromatic rings. The number of halogens is 1. The molecule has 0 atom stereocenters. The first-order chi connectivity index (χ1) is 9.45. The Morgan fingerprint density at radius 1 is 1.50 bits per heavy atom. The highest BCUT2D eigenvalue weighted by atomic mass is 79.9. The Kier molecular flexibility index (Phi) is 4.72. The molecule has 2 heterocycles. The molecular weight excluding hydrogens is 342 g/mol. The van der Waals surface area contributed by atoms with Gasteiger partial charge < -0.3 is 9.47 Å². The van der Waals surface area contributed by atoms with E-state index in [4.69, 9.17) is 0 Å². The molecule has 2 rings (SSSR count). The first-order valence-corrected chi connectivity index (χ1v) is 7.64. The smallest absolute Gasteiger partial charge is 0.251 e. The molecule has 1 amide bonds. The lowest BCUT2D eigenvalue weighted by Gasteiger charge is -2.16. The minimum absolute atomic E-state index is 0.0257. The maximum atomic E-state index is 12.1. The van der Waals surface area contributed by atoms with Gasteiger partial charge in [0.15, 0.2) is 0 Å². The Balaban J connectivity index is 2.04. The number of pyridine rings is 1. The summed E-state index contributed by atoms with van der Waals surface area (Å²) in [4.78, 5) is 29.7.